The monoisotopic (exact) mass is 278 g/mol. The predicted octanol–water partition coefficient (Wildman–Crippen LogP) is 2.44. The van der Waals surface area contributed by atoms with Crippen molar-refractivity contribution in [2.75, 3.05) is 26.3 Å². The fraction of sp³-hybridized carbons (Fsp3) is 0.571. The molecule has 1 amide bonds. The van der Waals surface area contributed by atoms with Crippen LogP contribution in [0, 0.1) is 0 Å². The minimum absolute atomic E-state index is 0.125. The second-order valence-corrected chi connectivity index (χ2v) is 6.02. The van der Waals surface area contributed by atoms with Gasteiger partial charge in [-0.05, 0) is 19.3 Å². The summed E-state index contributed by atoms with van der Waals surface area (Å²) in [5.74, 6) is 0.599. The number of amides is 1. The van der Waals surface area contributed by atoms with E-state index in [1.165, 1.54) is 0 Å². The molecule has 5 heteroatoms. The van der Waals surface area contributed by atoms with Gasteiger partial charge >= 0.3 is 0 Å². The molecule has 2 aliphatic heterocycles. The Kier molecular flexibility index (Phi) is 3.94. The zero-order valence-corrected chi connectivity index (χ0v) is 11.7. The highest BCUT2D eigenvalue weighted by molar-refractivity contribution is 7.13. The molecule has 1 aromatic heterocycles. The van der Waals surface area contributed by atoms with Crippen LogP contribution in [-0.4, -0.2) is 42.1 Å². The van der Waals surface area contributed by atoms with Crippen molar-refractivity contribution in [3.8, 4) is 0 Å². The molecule has 3 rings (SSSR count). The number of hydrogen-bond donors (Lipinski definition) is 0. The molecule has 0 radical (unpaired) electrons. The first kappa shape index (κ1) is 12.8. The van der Waals surface area contributed by atoms with Crippen molar-refractivity contribution in [1.82, 2.24) is 9.88 Å². The van der Waals surface area contributed by atoms with E-state index in [2.05, 4.69) is 17.1 Å². The molecule has 0 spiro atoms. The molecule has 0 atom stereocenters. The molecule has 1 fully saturated rings. The molecule has 102 valence electrons. The van der Waals surface area contributed by atoms with Crippen LogP contribution < -0.4 is 0 Å². The third-order valence-electron chi connectivity index (χ3n) is 3.65. The van der Waals surface area contributed by atoms with E-state index >= 15 is 0 Å². The SMILES string of the molecule is O=C(c1cnc(C2CCOCC2)s1)N1CC=CCC1. The second-order valence-electron chi connectivity index (χ2n) is 4.96. The highest BCUT2D eigenvalue weighted by Gasteiger charge is 2.23. The lowest BCUT2D eigenvalue weighted by atomic mass is 10.0. The third kappa shape index (κ3) is 2.87. The molecule has 0 N–H and O–H groups in total. The Bertz CT molecular complexity index is 478. The van der Waals surface area contributed by atoms with Crippen LogP contribution in [0.3, 0.4) is 0 Å². The van der Waals surface area contributed by atoms with E-state index in [9.17, 15) is 4.79 Å². The number of rotatable bonds is 2. The molecule has 0 unspecified atom stereocenters. The van der Waals surface area contributed by atoms with Crippen LogP contribution in [0.5, 0.6) is 0 Å². The Balaban J connectivity index is 1.69. The molecule has 0 aliphatic carbocycles. The fourth-order valence-corrected chi connectivity index (χ4v) is 3.56. The van der Waals surface area contributed by atoms with Crippen molar-refractivity contribution in [1.29, 1.82) is 0 Å². The van der Waals surface area contributed by atoms with E-state index in [0.29, 0.717) is 5.92 Å². The van der Waals surface area contributed by atoms with Gasteiger partial charge in [-0.1, -0.05) is 12.2 Å². The summed E-state index contributed by atoms with van der Waals surface area (Å²) >= 11 is 1.56. The summed E-state index contributed by atoms with van der Waals surface area (Å²) in [7, 11) is 0. The number of aromatic nitrogens is 1. The van der Waals surface area contributed by atoms with Crippen LogP contribution >= 0.6 is 11.3 Å². The molecule has 19 heavy (non-hydrogen) atoms. The summed E-state index contributed by atoms with van der Waals surface area (Å²) in [4.78, 5) is 19.5. The smallest absolute Gasteiger partial charge is 0.265 e. The number of hydrogen-bond acceptors (Lipinski definition) is 4. The summed E-state index contributed by atoms with van der Waals surface area (Å²) in [6.45, 7) is 3.16. The van der Waals surface area contributed by atoms with Gasteiger partial charge in [-0.15, -0.1) is 11.3 Å². The topological polar surface area (TPSA) is 42.4 Å². The lowest BCUT2D eigenvalue weighted by Crippen LogP contribution is -2.33. The normalized spacial score (nSPS) is 20.7. The molecule has 0 bridgehead atoms. The van der Waals surface area contributed by atoms with Gasteiger partial charge in [-0.3, -0.25) is 4.79 Å². The van der Waals surface area contributed by atoms with Gasteiger partial charge in [0.05, 0.1) is 11.2 Å². The van der Waals surface area contributed by atoms with Gasteiger partial charge in [0.1, 0.15) is 4.88 Å². The lowest BCUT2D eigenvalue weighted by Gasteiger charge is -2.22. The minimum atomic E-state index is 0.125. The molecule has 0 aromatic carbocycles. The van der Waals surface area contributed by atoms with Crippen molar-refractivity contribution in [3.63, 3.8) is 0 Å². The predicted molar refractivity (Wildman–Crippen MR) is 74.6 cm³/mol. The highest BCUT2D eigenvalue weighted by Crippen LogP contribution is 2.30. The fourth-order valence-electron chi connectivity index (χ4n) is 2.50. The van der Waals surface area contributed by atoms with Crippen molar-refractivity contribution in [2.24, 2.45) is 0 Å². The molecule has 1 aromatic rings. The van der Waals surface area contributed by atoms with Gasteiger partial charge < -0.3 is 9.64 Å². The Hall–Kier alpha value is -1.20. The Labute approximate surface area is 117 Å². The number of carbonyl (C=O) groups is 1. The van der Waals surface area contributed by atoms with Crippen molar-refractivity contribution in [2.45, 2.75) is 25.2 Å². The van der Waals surface area contributed by atoms with E-state index in [4.69, 9.17) is 4.74 Å². The van der Waals surface area contributed by atoms with Crippen molar-refractivity contribution in [3.05, 3.63) is 28.2 Å². The van der Waals surface area contributed by atoms with Gasteiger partial charge in [0.25, 0.3) is 5.91 Å². The quantitative estimate of drug-likeness (QED) is 0.780. The molecule has 4 nitrogen and oxygen atoms in total. The second kappa shape index (κ2) is 5.84. The van der Waals surface area contributed by atoms with E-state index in [0.717, 1.165) is 55.5 Å². The first-order valence-corrected chi connectivity index (χ1v) is 7.64. The average molecular weight is 278 g/mol. The van der Waals surface area contributed by atoms with Gasteiger partial charge in [0.2, 0.25) is 0 Å². The highest BCUT2D eigenvalue weighted by atomic mass is 32.1. The lowest BCUT2D eigenvalue weighted by molar-refractivity contribution is 0.0775. The maximum atomic E-state index is 12.3. The first-order chi connectivity index (χ1) is 9.34. The summed E-state index contributed by atoms with van der Waals surface area (Å²) < 4.78 is 5.36. The molecule has 3 heterocycles. The Morgan fingerprint density at radius 1 is 1.37 bits per heavy atom. The summed E-state index contributed by atoms with van der Waals surface area (Å²) in [6.07, 6.45) is 8.93. The molecule has 0 saturated carbocycles. The van der Waals surface area contributed by atoms with Crippen LogP contribution in [0.25, 0.3) is 0 Å². The molecular formula is C14H18N2O2S. The van der Waals surface area contributed by atoms with Gasteiger partial charge in [0.15, 0.2) is 0 Å². The zero-order chi connectivity index (χ0) is 13.1. The van der Waals surface area contributed by atoms with Crippen molar-refractivity contribution >= 4 is 17.2 Å². The summed E-state index contributed by atoms with van der Waals surface area (Å²) in [5.41, 5.74) is 0. The van der Waals surface area contributed by atoms with Crippen LogP contribution in [0.4, 0.5) is 0 Å². The third-order valence-corrected chi connectivity index (χ3v) is 4.80. The van der Waals surface area contributed by atoms with Crippen LogP contribution in [0.2, 0.25) is 0 Å². The van der Waals surface area contributed by atoms with Gasteiger partial charge in [-0.2, -0.15) is 0 Å². The van der Waals surface area contributed by atoms with Gasteiger partial charge in [-0.25, -0.2) is 4.98 Å². The summed E-state index contributed by atoms with van der Waals surface area (Å²) in [5, 5.41) is 1.10. The average Bonchev–Trinajstić information content (AvgIpc) is 2.98. The number of carbonyl (C=O) groups excluding carboxylic acids is 1. The summed E-state index contributed by atoms with van der Waals surface area (Å²) in [6, 6.07) is 0. The van der Waals surface area contributed by atoms with Crippen LogP contribution in [0.1, 0.15) is 39.9 Å². The number of thiazole rings is 1. The molecule has 1 saturated heterocycles. The van der Waals surface area contributed by atoms with Crippen molar-refractivity contribution < 1.29 is 9.53 Å². The van der Waals surface area contributed by atoms with Crippen LogP contribution in [-0.2, 0) is 4.74 Å². The molecular weight excluding hydrogens is 260 g/mol. The maximum Gasteiger partial charge on any atom is 0.265 e. The zero-order valence-electron chi connectivity index (χ0n) is 10.9. The number of nitrogens with zero attached hydrogens (tertiary/aromatic N) is 2. The van der Waals surface area contributed by atoms with Gasteiger partial charge in [0, 0.05) is 32.2 Å². The maximum absolute atomic E-state index is 12.3. The van der Waals surface area contributed by atoms with Crippen LogP contribution in [0.15, 0.2) is 18.3 Å². The molecule has 2 aliphatic rings. The Morgan fingerprint density at radius 3 is 2.95 bits per heavy atom. The minimum Gasteiger partial charge on any atom is -0.381 e. The standard InChI is InChI=1S/C14H18N2O2S/c17-14(16-6-2-1-3-7-16)12-10-15-13(19-12)11-4-8-18-9-5-11/h1-2,10-11H,3-9H2. The largest absolute Gasteiger partial charge is 0.381 e. The van der Waals surface area contributed by atoms with E-state index < -0.39 is 0 Å². The van der Waals surface area contributed by atoms with E-state index in [1.807, 2.05) is 4.90 Å². The first-order valence-electron chi connectivity index (χ1n) is 6.82. The van der Waals surface area contributed by atoms with E-state index in [1.54, 1.807) is 17.5 Å². The van der Waals surface area contributed by atoms with E-state index in [-0.39, 0.29) is 5.91 Å². The number of ether oxygens (including phenoxy) is 1. The Morgan fingerprint density at radius 2 is 2.21 bits per heavy atom.